The van der Waals surface area contributed by atoms with E-state index >= 15 is 0 Å². The number of rotatable bonds is 1. The summed E-state index contributed by atoms with van der Waals surface area (Å²) in [7, 11) is 2.17. The van der Waals surface area contributed by atoms with Crippen LogP contribution in [-0.4, -0.2) is 30.0 Å². The third kappa shape index (κ3) is 2.05. The maximum absolute atomic E-state index is 5.95. The van der Waals surface area contributed by atoms with Gasteiger partial charge in [-0.3, -0.25) is 0 Å². The van der Waals surface area contributed by atoms with E-state index in [0.29, 0.717) is 11.1 Å². The van der Waals surface area contributed by atoms with Gasteiger partial charge in [-0.15, -0.1) is 0 Å². The molecule has 3 heterocycles. The summed E-state index contributed by atoms with van der Waals surface area (Å²) in [6.45, 7) is 2.27. The zero-order valence-corrected chi connectivity index (χ0v) is 10.6. The Morgan fingerprint density at radius 1 is 1.35 bits per heavy atom. The minimum atomic E-state index is 0.535. The lowest BCUT2D eigenvalue weighted by molar-refractivity contribution is 0.255. The number of nitrogens with zero attached hydrogens (tertiary/aromatic N) is 2. The van der Waals surface area contributed by atoms with Gasteiger partial charge < -0.3 is 9.32 Å². The molecule has 0 aliphatic carbocycles. The molecular formula is C13H15ClN2O. The second-order valence-corrected chi connectivity index (χ2v) is 5.14. The second-order valence-electron chi connectivity index (χ2n) is 4.75. The number of aromatic nitrogens is 1. The van der Waals surface area contributed by atoms with Crippen LogP contribution >= 0.6 is 11.6 Å². The van der Waals surface area contributed by atoms with E-state index in [1.54, 1.807) is 6.07 Å². The zero-order chi connectivity index (χ0) is 11.8. The van der Waals surface area contributed by atoms with Gasteiger partial charge in [-0.25, -0.2) is 4.98 Å². The normalized spacial score (nSPS) is 18.9. The maximum atomic E-state index is 5.95. The van der Waals surface area contributed by atoms with E-state index in [0.717, 1.165) is 24.2 Å². The number of piperidine rings is 1. The molecule has 0 aromatic carbocycles. The van der Waals surface area contributed by atoms with Crippen LogP contribution in [0.15, 0.2) is 22.8 Å². The van der Waals surface area contributed by atoms with Gasteiger partial charge in [0.05, 0.1) is 6.26 Å². The van der Waals surface area contributed by atoms with Crippen LogP contribution < -0.4 is 0 Å². The average Bonchev–Trinajstić information content (AvgIpc) is 2.73. The van der Waals surface area contributed by atoms with Crippen LogP contribution in [-0.2, 0) is 0 Å². The topological polar surface area (TPSA) is 29.3 Å². The third-order valence-corrected chi connectivity index (χ3v) is 3.78. The molecule has 0 spiro atoms. The molecule has 17 heavy (non-hydrogen) atoms. The van der Waals surface area contributed by atoms with Crippen LogP contribution in [0.3, 0.4) is 0 Å². The van der Waals surface area contributed by atoms with Crippen molar-refractivity contribution in [3.63, 3.8) is 0 Å². The Balaban J connectivity index is 1.97. The lowest BCUT2D eigenvalue weighted by Crippen LogP contribution is -2.29. The molecule has 0 bridgehead atoms. The number of pyridine rings is 1. The van der Waals surface area contributed by atoms with E-state index in [-0.39, 0.29) is 0 Å². The Hall–Kier alpha value is -1.06. The van der Waals surface area contributed by atoms with Gasteiger partial charge in [0.15, 0.2) is 5.58 Å². The molecular weight excluding hydrogens is 236 g/mol. The van der Waals surface area contributed by atoms with E-state index < -0.39 is 0 Å². The summed E-state index contributed by atoms with van der Waals surface area (Å²) in [6, 6.07) is 3.66. The fourth-order valence-electron chi connectivity index (χ4n) is 2.52. The largest absolute Gasteiger partial charge is 0.462 e. The molecule has 2 aromatic heterocycles. The number of hydrogen-bond donors (Lipinski definition) is 0. The van der Waals surface area contributed by atoms with Crippen LogP contribution in [0.5, 0.6) is 0 Å². The molecule has 1 fully saturated rings. The maximum Gasteiger partial charge on any atom is 0.152 e. The minimum Gasteiger partial charge on any atom is -0.462 e. The number of fused-ring (bicyclic) bond motifs is 1. The van der Waals surface area contributed by atoms with E-state index in [1.807, 2.05) is 12.3 Å². The summed E-state index contributed by atoms with van der Waals surface area (Å²) in [6.07, 6.45) is 4.18. The molecule has 1 aliphatic rings. The highest BCUT2D eigenvalue weighted by atomic mass is 35.5. The molecule has 2 aromatic rings. The molecule has 3 nitrogen and oxygen atoms in total. The summed E-state index contributed by atoms with van der Waals surface area (Å²) in [4.78, 5) is 6.75. The SMILES string of the molecule is CN1CCC(c2coc3ccc(Cl)nc23)CC1. The van der Waals surface area contributed by atoms with Gasteiger partial charge >= 0.3 is 0 Å². The number of halogens is 1. The van der Waals surface area contributed by atoms with E-state index in [4.69, 9.17) is 16.0 Å². The van der Waals surface area contributed by atoms with Gasteiger partial charge in [-0.2, -0.15) is 0 Å². The van der Waals surface area contributed by atoms with E-state index in [1.165, 1.54) is 18.4 Å². The Bertz CT molecular complexity index is 529. The van der Waals surface area contributed by atoms with Crippen molar-refractivity contribution in [1.29, 1.82) is 0 Å². The van der Waals surface area contributed by atoms with Gasteiger partial charge in [0, 0.05) is 5.56 Å². The van der Waals surface area contributed by atoms with Gasteiger partial charge in [0.2, 0.25) is 0 Å². The van der Waals surface area contributed by atoms with Gasteiger partial charge in [-0.05, 0) is 51.0 Å². The van der Waals surface area contributed by atoms with Crippen molar-refractivity contribution in [2.45, 2.75) is 18.8 Å². The molecule has 90 valence electrons. The van der Waals surface area contributed by atoms with Crippen molar-refractivity contribution in [2.75, 3.05) is 20.1 Å². The fraction of sp³-hybridized carbons (Fsp3) is 0.462. The lowest BCUT2D eigenvalue weighted by Gasteiger charge is -2.28. The fourth-order valence-corrected chi connectivity index (χ4v) is 2.66. The number of furan rings is 1. The van der Waals surface area contributed by atoms with Crippen LogP contribution in [0, 0.1) is 0 Å². The predicted molar refractivity (Wildman–Crippen MR) is 68.5 cm³/mol. The monoisotopic (exact) mass is 250 g/mol. The smallest absolute Gasteiger partial charge is 0.152 e. The van der Waals surface area contributed by atoms with Gasteiger partial charge in [-0.1, -0.05) is 11.6 Å². The van der Waals surface area contributed by atoms with Crippen LogP contribution in [0.25, 0.3) is 11.1 Å². The first-order chi connectivity index (χ1) is 8.24. The third-order valence-electron chi connectivity index (χ3n) is 3.57. The molecule has 0 unspecified atom stereocenters. The van der Waals surface area contributed by atoms with Crippen molar-refractivity contribution in [1.82, 2.24) is 9.88 Å². The molecule has 0 saturated carbocycles. The second kappa shape index (κ2) is 4.31. The molecule has 3 rings (SSSR count). The van der Waals surface area contributed by atoms with Gasteiger partial charge in [0.25, 0.3) is 0 Å². The highest BCUT2D eigenvalue weighted by Gasteiger charge is 2.22. The van der Waals surface area contributed by atoms with E-state index in [2.05, 4.69) is 16.9 Å². The minimum absolute atomic E-state index is 0.535. The van der Waals surface area contributed by atoms with Crippen molar-refractivity contribution in [2.24, 2.45) is 0 Å². The van der Waals surface area contributed by atoms with Crippen molar-refractivity contribution < 1.29 is 4.42 Å². The molecule has 0 radical (unpaired) electrons. The summed E-state index contributed by atoms with van der Waals surface area (Å²) in [5.74, 6) is 0.554. The molecule has 1 saturated heterocycles. The predicted octanol–water partition coefficient (Wildman–Crippen LogP) is 3.29. The highest BCUT2D eigenvalue weighted by molar-refractivity contribution is 6.29. The first-order valence-electron chi connectivity index (χ1n) is 5.96. The Morgan fingerprint density at radius 3 is 2.88 bits per heavy atom. The molecule has 1 aliphatic heterocycles. The molecule has 4 heteroatoms. The lowest BCUT2D eigenvalue weighted by atomic mass is 9.91. The summed E-state index contributed by atoms with van der Waals surface area (Å²) in [5, 5.41) is 0.535. The van der Waals surface area contributed by atoms with E-state index in [9.17, 15) is 0 Å². The van der Waals surface area contributed by atoms with Crippen molar-refractivity contribution in [3.05, 3.63) is 29.1 Å². The Morgan fingerprint density at radius 2 is 2.12 bits per heavy atom. The standard InChI is InChI=1S/C13H15ClN2O/c1-16-6-4-9(5-7-16)10-8-17-11-2-3-12(14)15-13(10)11/h2-3,8-9H,4-7H2,1H3. The first kappa shape index (κ1) is 11.1. The Kier molecular flexibility index (Phi) is 2.81. The Labute approximate surface area is 105 Å². The van der Waals surface area contributed by atoms with Crippen LogP contribution in [0.4, 0.5) is 0 Å². The summed E-state index contributed by atoms with van der Waals surface area (Å²) in [5.41, 5.74) is 2.99. The highest BCUT2D eigenvalue weighted by Crippen LogP contribution is 2.33. The molecule has 0 atom stereocenters. The molecule has 0 amide bonds. The van der Waals surface area contributed by atoms with Gasteiger partial charge in [0.1, 0.15) is 10.7 Å². The summed E-state index contributed by atoms with van der Waals surface area (Å²) < 4.78 is 5.55. The van der Waals surface area contributed by atoms with Crippen molar-refractivity contribution >= 4 is 22.7 Å². The first-order valence-corrected chi connectivity index (χ1v) is 6.34. The van der Waals surface area contributed by atoms with Crippen LogP contribution in [0.2, 0.25) is 5.15 Å². The number of hydrogen-bond acceptors (Lipinski definition) is 3. The number of likely N-dealkylation sites (tertiary alicyclic amines) is 1. The summed E-state index contributed by atoms with van der Waals surface area (Å²) >= 11 is 5.95. The average molecular weight is 251 g/mol. The van der Waals surface area contributed by atoms with Crippen LogP contribution in [0.1, 0.15) is 24.3 Å². The van der Waals surface area contributed by atoms with Crippen molar-refractivity contribution in [3.8, 4) is 0 Å². The molecule has 0 N–H and O–H groups in total. The zero-order valence-electron chi connectivity index (χ0n) is 9.82. The quantitative estimate of drug-likeness (QED) is 0.728.